The van der Waals surface area contributed by atoms with E-state index in [9.17, 15) is 0 Å². The predicted molar refractivity (Wildman–Crippen MR) is 115 cm³/mol. The zero-order chi connectivity index (χ0) is 18.2. The lowest BCUT2D eigenvalue weighted by Crippen LogP contribution is -1.98. The van der Waals surface area contributed by atoms with Crippen molar-refractivity contribution in [2.45, 2.75) is 13.3 Å². The third kappa shape index (κ3) is 4.44. The van der Waals surface area contributed by atoms with Crippen LogP contribution in [-0.4, -0.2) is 11.9 Å². The Kier molecular flexibility index (Phi) is 6.68. The first kappa shape index (κ1) is 18.5. The fourth-order valence-corrected chi connectivity index (χ4v) is 3.32. The number of hydrogen-bond acceptors (Lipinski definition) is 1. The summed E-state index contributed by atoms with van der Waals surface area (Å²) in [5.74, 6) is 0.901. The molecule has 0 saturated heterocycles. The predicted octanol–water partition coefficient (Wildman–Crippen LogP) is 6.83. The second-order valence-electron chi connectivity index (χ2n) is 6.00. The van der Waals surface area contributed by atoms with Crippen molar-refractivity contribution >= 4 is 27.1 Å². The molecule has 2 heteroatoms. The van der Waals surface area contributed by atoms with Crippen LogP contribution >= 0.6 is 15.9 Å². The molecule has 0 aliphatic rings. The summed E-state index contributed by atoms with van der Waals surface area (Å²) in [5, 5.41) is 0.831. The Morgan fingerprint density at radius 1 is 0.731 bits per heavy atom. The quantitative estimate of drug-likeness (QED) is 0.308. The van der Waals surface area contributed by atoms with E-state index in [1.807, 2.05) is 0 Å². The van der Waals surface area contributed by atoms with Gasteiger partial charge in [-0.2, -0.15) is 0 Å². The van der Waals surface area contributed by atoms with E-state index in [1.54, 1.807) is 0 Å². The molecule has 1 nitrogen and oxygen atoms in total. The van der Waals surface area contributed by atoms with Crippen molar-refractivity contribution in [3.05, 3.63) is 102 Å². The van der Waals surface area contributed by atoms with E-state index in [4.69, 9.17) is 4.74 Å². The van der Waals surface area contributed by atoms with Gasteiger partial charge >= 0.3 is 0 Å². The van der Waals surface area contributed by atoms with Gasteiger partial charge < -0.3 is 4.74 Å². The highest BCUT2D eigenvalue weighted by Gasteiger charge is 2.12. The van der Waals surface area contributed by atoms with E-state index in [0.29, 0.717) is 6.61 Å². The summed E-state index contributed by atoms with van der Waals surface area (Å²) in [6.45, 7) is 2.89. The molecule has 0 amide bonds. The van der Waals surface area contributed by atoms with Gasteiger partial charge in [0.25, 0.3) is 0 Å². The van der Waals surface area contributed by atoms with Crippen LogP contribution in [0.5, 0.6) is 5.75 Å². The van der Waals surface area contributed by atoms with E-state index < -0.39 is 0 Å². The molecule has 3 rings (SSSR count). The summed E-state index contributed by atoms with van der Waals surface area (Å²) < 4.78 is 5.70. The molecular weight excluding hydrogens is 384 g/mol. The Morgan fingerprint density at radius 2 is 1.27 bits per heavy atom. The van der Waals surface area contributed by atoms with Crippen LogP contribution in [0.4, 0.5) is 0 Å². The fourth-order valence-electron chi connectivity index (χ4n) is 3.16. The molecule has 0 N–H and O–H groups in total. The van der Waals surface area contributed by atoms with Crippen molar-refractivity contribution in [1.29, 1.82) is 0 Å². The number of rotatable bonds is 7. The molecule has 0 aliphatic carbocycles. The molecular formula is C24H23BrO. The Morgan fingerprint density at radius 3 is 1.81 bits per heavy atom. The highest BCUT2D eigenvalue weighted by Crippen LogP contribution is 2.34. The van der Waals surface area contributed by atoms with Crippen molar-refractivity contribution < 1.29 is 4.74 Å². The van der Waals surface area contributed by atoms with Gasteiger partial charge in [0, 0.05) is 5.33 Å². The molecule has 0 radical (unpaired) electrons. The lowest BCUT2D eigenvalue weighted by atomic mass is 9.88. The van der Waals surface area contributed by atoms with Gasteiger partial charge in [0.1, 0.15) is 5.75 Å². The van der Waals surface area contributed by atoms with Crippen molar-refractivity contribution in [3.8, 4) is 5.75 Å². The van der Waals surface area contributed by atoms with Gasteiger partial charge in [-0.25, -0.2) is 0 Å². The summed E-state index contributed by atoms with van der Waals surface area (Å²) in [4.78, 5) is 0. The Labute approximate surface area is 164 Å². The molecule has 3 aromatic rings. The standard InChI is InChI=1S/C24H23BrO/c1-2-23(19-9-5-3-6-10-19)24(20-11-7-4-8-12-20)21-13-15-22(16-14-21)26-18-17-25/h3-16H,2,17-18H2,1H3/b24-23+. The number of hydrogen-bond donors (Lipinski definition) is 0. The maximum Gasteiger partial charge on any atom is 0.119 e. The summed E-state index contributed by atoms with van der Waals surface area (Å²) in [7, 11) is 0. The molecule has 132 valence electrons. The highest BCUT2D eigenvalue weighted by molar-refractivity contribution is 9.09. The lowest BCUT2D eigenvalue weighted by Gasteiger charge is -2.16. The number of ether oxygens (including phenoxy) is 1. The van der Waals surface area contributed by atoms with Crippen molar-refractivity contribution in [1.82, 2.24) is 0 Å². The van der Waals surface area contributed by atoms with Gasteiger partial charge in [-0.3, -0.25) is 0 Å². The van der Waals surface area contributed by atoms with Gasteiger partial charge in [0.2, 0.25) is 0 Å². The van der Waals surface area contributed by atoms with Crippen LogP contribution in [-0.2, 0) is 0 Å². The van der Waals surface area contributed by atoms with Crippen LogP contribution in [0.3, 0.4) is 0 Å². The number of benzene rings is 3. The lowest BCUT2D eigenvalue weighted by molar-refractivity contribution is 0.345. The minimum atomic E-state index is 0.672. The molecule has 26 heavy (non-hydrogen) atoms. The summed E-state index contributed by atoms with van der Waals surface area (Å²) in [5.41, 5.74) is 6.36. The average Bonchev–Trinajstić information content (AvgIpc) is 2.72. The minimum Gasteiger partial charge on any atom is -0.493 e. The van der Waals surface area contributed by atoms with Crippen LogP contribution in [0, 0.1) is 0 Å². The van der Waals surface area contributed by atoms with Crippen LogP contribution in [0.25, 0.3) is 11.1 Å². The van der Waals surface area contributed by atoms with Crippen LogP contribution in [0.15, 0.2) is 84.9 Å². The maximum atomic E-state index is 5.70. The molecule has 0 aliphatic heterocycles. The van der Waals surface area contributed by atoms with E-state index in [1.165, 1.54) is 27.8 Å². The molecule has 0 heterocycles. The van der Waals surface area contributed by atoms with Crippen LogP contribution < -0.4 is 4.74 Å². The third-order valence-electron chi connectivity index (χ3n) is 4.33. The molecule has 0 saturated carbocycles. The third-order valence-corrected chi connectivity index (χ3v) is 4.65. The first-order valence-corrected chi connectivity index (χ1v) is 10.1. The summed E-state index contributed by atoms with van der Waals surface area (Å²) in [6.07, 6.45) is 0.968. The van der Waals surface area contributed by atoms with E-state index in [0.717, 1.165) is 17.5 Å². The Hall–Kier alpha value is -2.32. The van der Waals surface area contributed by atoms with Crippen LogP contribution in [0.2, 0.25) is 0 Å². The van der Waals surface area contributed by atoms with Crippen molar-refractivity contribution in [2.75, 3.05) is 11.9 Å². The summed E-state index contributed by atoms with van der Waals surface area (Å²) >= 11 is 3.40. The van der Waals surface area contributed by atoms with Gasteiger partial charge in [-0.1, -0.05) is 95.7 Å². The second kappa shape index (κ2) is 9.40. The molecule has 0 bridgehead atoms. The molecule has 0 atom stereocenters. The normalized spacial score (nSPS) is 11.8. The van der Waals surface area contributed by atoms with E-state index in [-0.39, 0.29) is 0 Å². The minimum absolute atomic E-state index is 0.672. The Balaban J connectivity index is 2.11. The smallest absolute Gasteiger partial charge is 0.119 e. The van der Waals surface area contributed by atoms with Gasteiger partial charge in [-0.05, 0) is 46.4 Å². The molecule has 0 spiro atoms. The Bertz CT molecular complexity index is 836. The van der Waals surface area contributed by atoms with E-state index >= 15 is 0 Å². The second-order valence-corrected chi connectivity index (χ2v) is 6.79. The van der Waals surface area contributed by atoms with Gasteiger partial charge in [-0.15, -0.1) is 0 Å². The number of halogens is 1. The molecule has 0 aromatic heterocycles. The highest BCUT2D eigenvalue weighted by atomic mass is 79.9. The fraction of sp³-hybridized carbons (Fsp3) is 0.167. The summed E-state index contributed by atoms with van der Waals surface area (Å²) in [6, 6.07) is 29.7. The first-order chi connectivity index (χ1) is 12.8. The first-order valence-electron chi connectivity index (χ1n) is 8.96. The van der Waals surface area contributed by atoms with Crippen molar-refractivity contribution in [3.63, 3.8) is 0 Å². The van der Waals surface area contributed by atoms with E-state index in [2.05, 4.69) is 108 Å². The van der Waals surface area contributed by atoms with Crippen LogP contribution in [0.1, 0.15) is 30.0 Å². The topological polar surface area (TPSA) is 9.23 Å². The zero-order valence-electron chi connectivity index (χ0n) is 15.0. The largest absolute Gasteiger partial charge is 0.493 e. The van der Waals surface area contributed by atoms with Gasteiger partial charge in [0.15, 0.2) is 0 Å². The van der Waals surface area contributed by atoms with Crippen molar-refractivity contribution in [2.24, 2.45) is 0 Å². The maximum absolute atomic E-state index is 5.70. The molecule has 0 fully saturated rings. The monoisotopic (exact) mass is 406 g/mol. The number of allylic oxidation sites excluding steroid dienone is 1. The average molecular weight is 407 g/mol. The zero-order valence-corrected chi connectivity index (χ0v) is 16.6. The molecule has 3 aromatic carbocycles. The van der Waals surface area contributed by atoms with Gasteiger partial charge in [0.05, 0.1) is 6.61 Å². The molecule has 0 unspecified atom stereocenters. The SMILES string of the molecule is CC/C(=C(/c1ccccc1)c1ccc(OCCBr)cc1)c1ccccc1. The number of alkyl halides is 1.